The zero-order valence-electron chi connectivity index (χ0n) is 16.6. The fourth-order valence-electron chi connectivity index (χ4n) is 3.26. The van der Waals surface area contributed by atoms with Crippen LogP contribution in [0.2, 0.25) is 0 Å². The number of carbonyl (C=O) groups is 1. The normalized spacial score (nSPS) is 11.9. The van der Waals surface area contributed by atoms with Crippen molar-refractivity contribution in [3.63, 3.8) is 0 Å². The van der Waals surface area contributed by atoms with E-state index >= 15 is 0 Å². The molecular formula is C23H21FN4O2S. The third kappa shape index (κ3) is 5.16. The van der Waals surface area contributed by atoms with Crippen molar-refractivity contribution in [1.82, 2.24) is 19.7 Å². The van der Waals surface area contributed by atoms with Gasteiger partial charge >= 0.3 is 0 Å². The number of rotatable bonds is 8. The van der Waals surface area contributed by atoms with Crippen LogP contribution in [0.15, 0.2) is 85.3 Å². The summed E-state index contributed by atoms with van der Waals surface area (Å²) >= 11 is 0. The lowest BCUT2D eigenvalue weighted by molar-refractivity contribution is -0.118. The van der Waals surface area contributed by atoms with Crippen LogP contribution in [0.25, 0.3) is 11.5 Å². The average molecular weight is 437 g/mol. The summed E-state index contributed by atoms with van der Waals surface area (Å²) in [6.45, 7) is 0.189. The minimum Gasteiger partial charge on any atom is -0.351 e. The molecule has 0 aliphatic carbocycles. The topological polar surface area (TPSA) is 68.9 Å². The van der Waals surface area contributed by atoms with Gasteiger partial charge in [-0.1, -0.05) is 30.3 Å². The summed E-state index contributed by atoms with van der Waals surface area (Å²) in [4.78, 5) is 12.2. The van der Waals surface area contributed by atoms with Crippen LogP contribution in [0.5, 0.6) is 0 Å². The molecule has 1 N–H and O–H groups in total. The lowest BCUT2D eigenvalue weighted by atomic mass is 10.2. The van der Waals surface area contributed by atoms with Crippen molar-refractivity contribution in [3.05, 3.63) is 102 Å². The van der Waals surface area contributed by atoms with E-state index in [0.717, 1.165) is 17.1 Å². The summed E-state index contributed by atoms with van der Waals surface area (Å²) in [5.74, 6) is 0.124. The molecule has 8 heteroatoms. The van der Waals surface area contributed by atoms with Crippen molar-refractivity contribution in [2.45, 2.75) is 12.3 Å². The van der Waals surface area contributed by atoms with Gasteiger partial charge in [-0.15, -0.1) is 0 Å². The molecule has 1 amide bonds. The number of hydrogen-bond acceptors (Lipinski definition) is 3. The van der Waals surface area contributed by atoms with Crippen molar-refractivity contribution in [1.29, 1.82) is 0 Å². The number of hydrogen-bond donors (Lipinski definition) is 1. The van der Waals surface area contributed by atoms with Gasteiger partial charge in [0.05, 0.1) is 17.6 Å². The Kier molecular flexibility index (Phi) is 6.37. The first-order valence-corrected chi connectivity index (χ1v) is 11.2. The maximum Gasteiger partial charge on any atom is 0.232 e. The van der Waals surface area contributed by atoms with Gasteiger partial charge in [0.15, 0.2) is 0 Å². The summed E-state index contributed by atoms with van der Waals surface area (Å²) in [5, 5.41) is 7.18. The smallest absolute Gasteiger partial charge is 0.232 e. The Morgan fingerprint density at radius 1 is 1.03 bits per heavy atom. The Labute approximate surface area is 181 Å². The summed E-state index contributed by atoms with van der Waals surface area (Å²) in [6, 6.07) is 19.5. The first kappa shape index (κ1) is 20.7. The highest BCUT2D eigenvalue weighted by Gasteiger charge is 2.17. The Morgan fingerprint density at radius 2 is 1.81 bits per heavy atom. The van der Waals surface area contributed by atoms with Crippen molar-refractivity contribution < 1.29 is 13.4 Å². The standard InChI is InChI=1S/C23H21FN4O2S/c24-20-8-6-7-18(13-20)14-25-22(29)17-31(30)16-19-15-26-28(21-9-2-1-3-10-21)23(19)27-11-4-5-12-27/h1-13,15H,14,16-17H2,(H,25,29)/t31-/m0/s1. The van der Waals surface area contributed by atoms with E-state index in [1.807, 2.05) is 59.4 Å². The minimum absolute atomic E-state index is 0.142. The Morgan fingerprint density at radius 3 is 2.55 bits per heavy atom. The van der Waals surface area contributed by atoms with Crippen molar-refractivity contribution in [2.75, 3.05) is 5.75 Å². The van der Waals surface area contributed by atoms with Gasteiger partial charge in [0, 0.05) is 35.3 Å². The predicted molar refractivity (Wildman–Crippen MR) is 118 cm³/mol. The highest BCUT2D eigenvalue weighted by molar-refractivity contribution is 7.84. The van der Waals surface area contributed by atoms with Gasteiger partial charge in [0.25, 0.3) is 0 Å². The molecule has 2 heterocycles. The first-order chi connectivity index (χ1) is 15.1. The molecule has 0 saturated carbocycles. The molecule has 6 nitrogen and oxygen atoms in total. The van der Waals surface area contributed by atoms with Crippen LogP contribution in [0.3, 0.4) is 0 Å². The Bertz CT molecular complexity index is 1190. The molecular weight excluding hydrogens is 415 g/mol. The van der Waals surface area contributed by atoms with Gasteiger partial charge in [-0.25, -0.2) is 9.07 Å². The number of benzene rings is 2. The second kappa shape index (κ2) is 9.53. The molecule has 158 valence electrons. The molecule has 0 radical (unpaired) electrons. The molecule has 0 aliphatic heterocycles. The van der Waals surface area contributed by atoms with Crippen LogP contribution >= 0.6 is 0 Å². The van der Waals surface area contributed by atoms with Gasteiger partial charge in [-0.2, -0.15) is 5.10 Å². The van der Waals surface area contributed by atoms with Crippen molar-refractivity contribution >= 4 is 16.7 Å². The lowest BCUT2D eigenvalue weighted by Gasteiger charge is -2.11. The van der Waals surface area contributed by atoms with Gasteiger partial charge in [-0.05, 0) is 42.0 Å². The number of halogens is 1. The van der Waals surface area contributed by atoms with Crippen LogP contribution in [0.1, 0.15) is 11.1 Å². The molecule has 0 unspecified atom stereocenters. The molecule has 0 bridgehead atoms. The number of aromatic nitrogens is 3. The second-order valence-electron chi connectivity index (χ2n) is 6.97. The molecule has 2 aromatic carbocycles. The second-order valence-corrected chi connectivity index (χ2v) is 8.42. The highest BCUT2D eigenvalue weighted by atomic mass is 32.2. The van der Waals surface area contributed by atoms with Crippen LogP contribution in [-0.2, 0) is 27.9 Å². The zero-order chi connectivity index (χ0) is 21.6. The monoisotopic (exact) mass is 436 g/mol. The number of amides is 1. The van der Waals surface area contributed by atoms with Crippen LogP contribution in [0.4, 0.5) is 4.39 Å². The summed E-state index contributed by atoms with van der Waals surface area (Å²) < 4.78 is 29.7. The minimum atomic E-state index is -1.43. The molecule has 4 aromatic rings. The Balaban J connectivity index is 1.46. The first-order valence-electron chi connectivity index (χ1n) is 9.72. The molecule has 2 aromatic heterocycles. The van der Waals surface area contributed by atoms with E-state index in [2.05, 4.69) is 10.4 Å². The molecule has 4 rings (SSSR count). The molecule has 0 aliphatic rings. The van der Waals surface area contributed by atoms with Crippen LogP contribution < -0.4 is 5.32 Å². The fraction of sp³-hybridized carbons (Fsp3) is 0.130. The quantitative estimate of drug-likeness (QED) is 0.461. The molecule has 0 spiro atoms. The number of nitrogens with zero attached hydrogens (tertiary/aromatic N) is 3. The van der Waals surface area contributed by atoms with Crippen molar-refractivity contribution in [3.8, 4) is 11.5 Å². The number of para-hydroxylation sites is 1. The summed E-state index contributed by atoms with van der Waals surface area (Å²) in [6.07, 6.45) is 5.48. The van der Waals surface area contributed by atoms with E-state index in [4.69, 9.17) is 0 Å². The van der Waals surface area contributed by atoms with E-state index < -0.39 is 10.8 Å². The SMILES string of the molecule is O=C(C[S@@](=O)Cc1cnn(-c2ccccc2)c1-n1cccc1)NCc1cccc(F)c1. The third-order valence-electron chi connectivity index (χ3n) is 4.65. The summed E-state index contributed by atoms with van der Waals surface area (Å²) in [5.41, 5.74) is 2.31. The average Bonchev–Trinajstić information content (AvgIpc) is 3.42. The molecule has 0 fully saturated rings. The number of nitrogens with one attached hydrogen (secondary N) is 1. The van der Waals surface area contributed by atoms with E-state index in [-0.39, 0.29) is 29.8 Å². The number of carbonyl (C=O) groups excluding carboxylic acids is 1. The van der Waals surface area contributed by atoms with E-state index in [9.17, 15) is 13.4 Å². The van der Waals surface area contributed by atoms with Gasteiger partial charge in [0.1, 0.15) is 17.4 Å². The van der Waals surface area contributed by atoms with E-state index in [1.165, 1.54) is 12.1 Å². The fourth-order valence-corrected chi connectivity index (χ4v) is 4.30. The largest absolute Gasteiger partial charge is 0.351 e. The third-order valence-corrected chi connectivity index (χ3v) is 5.87. The highest BCUT2D eigenvalue weighted by Crippen LogP contribution is 2.21. The molecule has 31 heavy (non-hydrogen) atoms. The van der Waals surface area contributed by atoms with Crippen molar-refractivity contribution in [2.24, 2.45) is 0 Å². The summed E-state index contributed by atoms with van der Waals surface area (Å²) in [7, 11) is -1.43. The molecule has 0 saturated heterocycles. The van der Waals surface area contributed by atoms with Crippen LogP contribution in [0, 0.1) is 5.82 Å². The maximum absolute atomic E-state index is 13.3. The zero-order valence-corrected chi connectivity index (χ0v) is 17.5. The predicted octanol–water partition coefficient (Wildman–Crippen LogP) is 3.37. The van der Waals surface area contributed by atoms with Gasteiger partial charge in [0.2, 0.25) is 5.91 Å². The lowest BCUT2D eigenvalue weighted by Crippen LogP contribution is -2.28. The maximum atomic E-state index is 13.3. The van der Waals surface area contributed by atoms with E-state index in [0.29, 0.717) is 5.56 Å². The van der Waals surface area contributed by atoms with Crippen LogP contribution in [-0.4, -0.2) is 30.2 Å². The van der Waals surface area contributed by atoms with E-state index in [1.54, 1.807) is 23.0 Å². The molecule has 1 atom stereocenters. The van der Waals surface area contributed by atoms with Gasteiger partial charge < -0.3 is 9.88 Å². The van der Waals surface area contributed by atoms with Gasteiger partial charge in [-0.3, -0.25) is 9.00 Å². The Hall–Kier alpha value is -3.52.